The molecule has 2 fully saturated rings. The average molecular weight is 468 g/mol. The molecule has 2 heterocycles. The first-order valence-electron chi connectivity index (χ1n) is 10.9. The van der Waals surface area contributed by atoms with Gasteiger partial charge in [-0.2, -0.15) is 5.10 Å². The summed E-state index contributed by atoms with van der Waals surface area (Å²) in [7, 11) is 0. The molecule has 0 spiro atoms. The van der Waals surface area contributed by atoms with Crippen LogP contribution in [0.3, 0.4) is 0 Å². The summed E-state index contributed by atoms with van der Waals surface area (Å²) in [5.74, 6) is -0.651. The van der Waals surface area contributed by atoms with E-state index in [1.807, 2.05) is 32.9 Å². The fraction of sp³-hybridized carbons (Fsp3) is 0.400. The lowest BCUT2D eigenvalue weighted by atomic mass is 9.75. The quantitative estimate of drug-likeness (QED) is 0.437. The van der Waals surface area contributed by atoms with Gasteiger partial charge in [-0.3, -0.25) is 9.48 Å². The molecular formula is C25H26ClN3O2S. The van der Waals surface area contributed by atoms with Crippen molar-refractivity contribution in [2.24, 2.45) is 10.8 Å². The molecule has 5 rings (SSSR count). The monoisotopic (exact) mass is 467 g/mol. The van der Waals surface area contributed by atoms with E-state index in [9.17, 15) is 9.90 Å². The number of hydrogen-bond donors (Lipinski definition) is 1. The Hall–Kier alpha value is -2.31. The number of pyridine rings is 1. The Labute approximate surface area is 197 Å². The maximum absolute atomic E-state index is 12.1. The molecule has 5 nitrogen and oxygen atoms in total. The zero-order chi connectivity index (χ0) is 22.7. The summed E-state index contributed by atoms with van der Waals surface area (Å²) in [4.78, 5) is 17.6. The summed E-state index contributed by atoms with van der Waals surface area (Å²) in [5.41, 5.74) is 2.06. The first-order chi connectivity index (χ1) is 15.2. The van der Waals surface area contributed by atoms with E-state index >= 15 is 0 Å². The third-order valence-corrected chi connectivity index (χ3v) is 7.99. The molecule has 0 amide bonds. The molecule has 7 heteroatoms. The highest BCUT2D eigenvalue weighted by Crippen LogP contribution is 2.68. The summed E-state index contributed by atoms with van der Waals surface area (Å²) in [6.45, 7) is 6.07. The van der Waals surface area contributed by atoms with Crippen LogP contribution in [-0.2, 0) is 4.79 Å². The zero-order valence-corrected chi connectivity index (χ0v) is 20.0. The Bertz CT molecular complexity index is 1160. The van der Waals surface area contributed by atoms with Crippen LogP contribution in [0, 0.1) is 10.8 Å². The van der Waals surface area contributed by atoms with Gasteiger partial charge in [0.2, 0.25) is 0 Å². The Balaban J connectivity index is 1.44. The van der Waals surface area contributed by atoms with E-state index in [0.717, 1.165) is 39.6 Å². The Morgan fingerprint density at radius 2 is 1.91 bits per heavy atom. The first-order valence-corrected chi connectivity index (χ1v) is 12.1. The largest absolute Gasteiger partial charge is 0.481 e. The molecule has 3 aromatic rings. The van der Waals surface area contributed by atoms with Gasteiger partial charge in [-0.05, 0) is 42.4 Å². The SMILES string of the molecule is CC(C)(C)C1(C(=O)O)CC1c1ccc(-c2nn(C3CC3)cc2Sc2ccc(Cl)cn2)cc1. The predicted molar refractivity (Wildman–Crippen MR) is 126 cm³/mol. The second kappa shape index (κ2) is 7.63. The van der Waals surface area contributed by atoms with Gasteiger partial charge < -0.3 is 5.11 Å². The summed E-state index contributed by atoms with van der Waals surface area (Å²) in [6, 6.07) is 12.5. The summed E-state index contributed by atoms with van der Waals surface area (Å²) >= 11 is 7.57. The van der Waals surface area contributed by atoms with E-state index in [1.54, 1.807) is 18.0 Å². The second-order valence-corrected chi connectivity index (χ2v) is 11.4. The van der Waals surface area contributed by atoms with Crippen LogP contribution < -0.4 is 0 Å². The fourth-order valence-electron chi connectivity index (χ4n) is 4.64. The van der Waals surface area contributed by atoms with Crippen molar-refractivity contribution in [2.75, 3.05) is 0 Å². The number of aliphatic carboxylic acids is 1. The molecule has 166 valence electrons. The van der Waals surface area contributed by atoms with Crippen molar-refractivity contribution in [2.45, 2.75) is 61.9 Å². The van der Waals surface area contributed by atoms with Gasteiger partial charge in [0.15, 0.2) is 0 Å². The lowest BCUT2D eigenvalue weighted by Gasteiger charge is -2.28. The molecule has 2 aliphatic carbocycles. The number of carbonyl (C=O) groups is 1. The number of benzene rings is 1. The third-order valence-electron chi connectivity index (χ3n) is 6.80. The highest BCUT2D eigenvalue weighted by Gasteiger charge is 2.67. The minimum Gasteiger partial charge on any atom is -0.481 e. The molecule has 1 aromatic carbocycles. The van der Waals surface area contributed by atoms with Crippen molar-refractivity contribution < 1.29 is 9.90 Å². The Morgan fingerprint density at radius 1 is 1.19 bits per heavy atom. The van der Waals surface area contributed by atoms with Crippen LogP contribution >= 0.6 is 23.4 Å². The predicted octanol–water partition coefficient (Wildman–Crippen LogP) is 6.69. The van der Waals surface area contributed by atoms with E-state index in [0.29, 0.717) is 17.5 Å². The van der Waals surface area contributed by atoms with Crippen molar-refractivity contribution in [3.8, 4) is 11.3 Å². The lowest BCUT2D eigenvalue weighted by Crippen LogP contribution is -2.32. The topological polar surface area (TPSA) is 68.0 Å². The molecule has 1 N–H and O–H groups in total. The number of carboxylic acid groups (broad SMARTS) is 1. The molecule has 2 aliphatic rings. The highest BCUT2D eigenvalue weighted by molar-refractivity contribution is 7.99. The molecule has 2 unspecified atom stereocenters. The maximum atomic E-state index is 12.1. The van der Waals surface area contributed by atoms with E-state index < -0.39 is 11.4 Å². The highest BCUT2D eigenvalue weighted by atomic mass is 35.5. The molecule has 2 saturated carbocycles. The molecule has 2 aromatic heterocycles. The minimum atomic E-state index is -0.698. The van der Waals surface area contributed by atoms with Crippen LogP contribution in [0.5, 0.6) is 0 Å². The molecule has 32 heavy (non-hydrogen) atoms. The van der Waals surface area contributed by atoms with Gasteiger partial charge in [0.05, 0.1) is 21.4 Å². The van der Waals surface area contributed by atoms with Crippen molar-refractivity contribution >= 4 is 29.3 Å². The third kappa shape index (κ3) is 3.73. The van der Waals surface area contributed by atoms with E-state index in [4.69, 9.17) is 16.7 Å². The van der Waals surface area contributed by atoms with Gasteiger partial charge in [0, 0.05) is 23.9 Å². The lowest BCUT2D eigenvalue weighted by molar-refractivity contribution is -0.148. The molecule has 0 radical (unpaired) electrons. The number of carboxylic acids is 1. The van der Waals surface area contributed by atoms with Crippen molar-refractivity contribution in [1.29, 1.82) is 0 Å². The zero-order valence-electron chi connectivity index (χ0n) is 18.4. The summed E-state index contributed by atoms with van der Waals surface area (Å²) < 4.78 is 2.07. The van der Waals surface area contributed by atoms with Gasteiger partial charge >= 0.3 is 5.97 Å². The van der Waals surface area contributed by atoms with Gasteiger partial charge in [0.25, 0.3) is 0 Å². The summed E-state index contributed by atoms with van der Waals surface area (Å²) in [6.07, 6.45) is 6.77. The van der Waals surface area contributed by atoms with E-state index in [2.05, 4.69) is 40.1 Å². The van der Waals surface area contributed by atoms with Gasteiger partial charge in [-0.15, -0.1) is 0 Å². The normalized spacial score (nSPS) is 22.7. The van der Waals surface area contributed by atoms with Gasteiger partial charge in [-0.1, -0.05) is 68.4 Å². The fourth-order valence-corrected chi connectivity index (χ4v) is 5.63. The number of nitrogens with zero attached hydrogens (tertiary/aromatic N) is 3. The molecule has 2 atom stereocenters. The minimum absolute atomic E-state index is 0.0465. The number of halogens is 1. The van der Waals surface area contributed by atoms with Crippen molar-refractivity contribution in [1.82, 2.24) is 14.8 Å². The van der Waals surface area contributed by atoms with Gasteiger partial charge in [-0.25, -0.2) is 4.98 Å². The molecule has 0 saturated heterocycles. The Morgan fingerprint density at radius 3 is 2.44 bits per heavy atom. The number of hydrogen-bond acceptors (Lipinski definition) is 4. The van der Waals surface area contributed by atoms with Crippen LogP contribution in [0.1, 0.15) is 57.6 Å². The summed E-state index contributed by atoms with van der Waals surface area (Å²) in [5, 5.41) is 16.3. The van der Waals surface area contributed by atoms with Crippen molar-refractivity contribution in [3.05, 3.63) is 59.4 Å². The van der Waals surface area contributed by atoms with E-state index in [-0.39, 0.29) is 11.3 Å². The van der Waals surface area contributed by atoms with E-state index in [1.165, 1.54) is 0 Å². The van der Waals surface area contributed by atoms with Crippen LogP contribution in [0.25, 0.3) is 11.3 Å². The van der Waals surface area contributed by atoms with Crippen molar-refractivity contribution in [3.63, 3.8) is 0 Å². The maximum Gasteiger partial charge on any atom is 0.310 e. The van der Waals surface area contributed by atoms with Crippen LogP contribution in [0.4, 0.5) is 0 Å². The smallest absolute Gasteiger partial charge is 0.310 e. The van der Waals surface area contributed by atoms with Crippen LogP contribution in [0.2, 0.25) is 5.02 Å². The van der Waals surface area contributed by atoms with Gasteiger partial charge in [0.1, 0.15) is 10.7 Å². The number of rotatable bonds is 6. The standard InChI is InChI=1S/C25H26ClN3O2S/c1-24(2,3)25(23(30)31)12-19(25)15-4-6-16(7-5-15)22-20(14-29(28-22)18-9-10-18)32-21-11-8-17(26)13-27-21/h4-8,11,13-14,18-19H,9-10,12H2,1-3H3,(H,30,31). The second-order valence-electron chi connectivity index (χ2n) is 9.88. The van der Waals surface area contributed by atoms with Crippen LogP contribution in [0.15, 0.2) is 58.7 Å². The van der Waals surface area contributed by atoms with Crippen LogP contribution in [-0.4, -0.2) is 25.8 Å². The average Bonchev–Trinajstić information content (AvgIpc) is 3.66. The number of aromatic nitrogens is 3. The Kier molecular flexibility index (Phi) is 5.13. The molecule has 0 bridgehead atoms. The first kappa shape index (κ1) is 21.5. The molecular weight excluding hydrogens is 442 g/mol. The molecule has 0 aliphatic heterocycles.